The molecule has 0 heterocycles. The molecule has 0 radical (unpaired) electrons. The third-order valence-electron chi connectivity index (χ3n) is 13.3. The van der Waals surface area contributed by atoms with Gasteiger partial charge in [0, 0.05) is 18.9 Å². The molecule has 1 aromatic carbocycles. The summed E-state index contributed by atoms with van der Waals surface area (Å²) in [6, 6.07) is 16.4. The minimum absolute atomic E-state index is 0.00270. The predicted octanol–water partition coefficient (Wildman–Crippen LogP) is 11.6. The molecule has 4 unspecified atom stereocenters. The van der Waals surface area contributed by atoms with Gasteiger partial charge in [-0.2, -0.15) is 0 Å². The van der Waals surface area contributed by atoms with Crippen molar-refractivity contribution in [3.8, 4) is 5.75 Å². The minimum Gasteiger partial charge on any atom is -0.461 e. The first-order valence-electron chi connectivity index (χ1n) is 19.3. The van der Waals surface area contributed by atoms with Gasteiger partial charge in [-0.25, -0.2) is 0 Å². The molecule has 1 aromatic rings. The SMILES string of the molecule is CC[Si](CC)(CC)OC1CCC[C@@]2(C)C1CC[C@@H]2[C@@H](C)C(OC(C)=O)C(SOOc1ccccc1)[C@@H](C)C(C)(C)O[Si](CC)(CC)CC. The van der Waals surface area contributed by atoms with E-state index in [-0.39, 0.29) is 34.6 Å². The first-order valence-corrected chi connectivity index (χ1v) is 25.2. The van der Waals surface area contributed by atoms with Crippen LogP contribution < -0.4 is 4.89 Å². The normalized spacial score (nSPS) is 26.0. The lowest BCUT2D eigenvalue weighted by Gasteiger charge is -2.50. The Hall–Kier alpha value is -0.846. The number of hydrogen-bond acceptors (Lipinski definition) is 7. The average Bonchev–Trinajstić information content (AvgIpc) is 3.44. The van der Waals surface area contributed by atoms with Gasteiger partial charge < -0.3 is 18.5 Å². The predicted molar refractivity (Wildman–Crippen MR) is 206 cm³/mol. The van der Waals surface area contributed by atoms with Crippen molar-refractivity contribution in [3.05, 3.63) is 30.3 Å². The molecule has 2 saturated carbocycles. The maximum Gasteiger partial charge on any atom is 0.302 e. The molecule has 0 N–H and O–H groups in total. The molecule has 8 atom stereocenters. The second-order valence-electron chi connectivity index (χ2n) is 15.8. The molecule has 0 amide bonds. The number of carbonyl (C=O) groups excluding carboxylic acids is 1. The van der Waals surface area contributed by atoms with E-state index >= 15 is 0 Å². The van der Waals surface area contributed by atoms with Crippen molar-refractivity contribution < 1.29 is 27.6 Å². The van der Waals surface area contributed by atoms with Crippen molar-refractivity contribution in [1.29, 1.82) is 0 Å². The molecule has 2 fully saturated rings. The van der Waals surface area contributed by atoms with Crippen LogP contribution in [0.1, 0.15) is 115 Å². The highest BCUT2D eigenvalue weighted by Gasteiger charge is 2.57. The summed E-state index contributed by atoms with van der Waals surface area (Å²) in [6.45, 7) is 27.0. The monoisotopic (exact) mass is 722 g/mol. The lowest BCUT2D eigenvalue weighted by molar-refractivity contribution is -0.154. The quantitative estimate of drug-likeness (QED) is 0.0436. The maximum absolute atomic E-state index is 12.9. The fourth-order valence-electron chi connectivity index (χ4n) is 9.40. The van der Waals surface area contributed by atoms with Crippen LogP contribution >= 0.6 is 12.0 Å². The van der Waals surface area contributed by atoms with E-state index in [1.54, 1.807) is 6.92 Å². The van der Waals surface area contributed by atoms with E-state index in [1.807, 2.05) is 30.3 Å². The third kappa shape index (κ3) is 9.52. The highest BCUT2D eigenvalue weighted by molar-refractivity contribution is 7.95. The molecule has 276 valence electrons. The third-order valence-corrected chi connectivity index (χ3v) is 23.8. The molecule has 0 aliphatic heterocycles. The summed E-state index contributed by atoms with van der Waals surface area (Å²) in [5.41, 5.74) is -0.322. The van der Waals surface area contributed by atoms with Crippen LogP contribution in [0.2, 0.25) is 36.3 Å². The van der Waals surface area contributed by atoms with Crippen molar-refractivity contribution in [1.82, 2.24) is 0 Å². The molecule has 0 aromatic heterocycles. The van der Waals surface area contributed by atoms with E-state index in [0.29, 0.717) is 23.7 Å². The van der Waals surface area contributed by atoms with Crippen LogP contribution in [0.15, 0.2) is 30.3 Å². The summed E-state index contributed by atoms with van der Waals surface area (Å²) >= 11 is 1.30. The van der Waals surface area contributed by atoms with Gasteiger partial charge in [-0.1, -0.05) is 86.9 Å². The highest BCUT2D eigenvalue weighted by atomic mass is 32.2. The maximum atomic E-state index is 12.9. The number of para-hydroxylation sites is 1. The van der Waals surface area contributed by atoms with Gasteiger partial charge in [-0.3, -0.25) is 4.79 Å². The number of carbonyl (C=O) groups is 1. The van der Waals surface area contributed by atoms with Crippen LogP contribution in [0.3, 0.4) is 0 Å². The highest BCUT2D eigenvalue weighted by Crippen LogP contribution is 2.60. The summed E-state index contributed by atoms with van der Waals surface area (Å²) in [5, 5.41) is -0.210. The van der Waals surface area contributed by atoms with Gasteiger partial charge in [-0.05, 0) is 111 Å². The molecule has 0 bridgehead atoms. The molecule has 2 aliphatic rings. The summed E-state index contributed by atoms with van der Waals surface area (Å²) in [6.07, 6.45) is 5.85. The molecule has 48 heavy (non-hydrogen) atoms. The van der Waals surface area contributed by atoms with Crippen LogP contribution in [0.4, 0.5) is 0 Å². The van der Waals surface area contributed by atoms with E-state index in [2.05, 4.69) is 76.2 Å². The van der Waals surface area contributed by atoms with Gasteiger partial charge >= 0.3 is 5.97 Å². The molecular formula is C39H70O6SSi2. The minimum atomic E-state index is -1.94. The van der Waals surface area contributed by atoms with Gasteiger partial charge in [-0.15, -0.1) is 4.33 Å². The number of fused-ring (bicyclic) bond motifs is 1. The Balaban J connectivity index is 1.98. The number of rotatable bonds is 20. The van der Waals surface area contributed by atoms with Crippen LogP contribution in [-0.4, -0.2) is 45.7 Å². The van der Waals surface area contributed by atoms with Gasteiger partial charge in [0.05, 0.1) is 22.9 Å². The second-order valence-corrected chi connectivity index (χ2v) is 26.1. The van der Waals surface area contributed by atoms with Crippen molar-refractivity contribution >= 4 is 34.6 Å². The average molecular weight is 723 g/mol. The van der Waals surface area contributed by atoms with Gasteiger partial charge in [0.1, 0.15) is 6.10 Å². The largest absolute Gasteiger partial charge is 0.461 e. The first-order chi connectivity index (χ1) is 22.7. The summed E-state index contributed by atoms with van der Waals surface area (Å²) < 4.78 is 26.9. The van der Waals surface area contributed by atoms with Crippen LogP contribution in [0.5, 0.6) is 5.75 Å². The number of benzene rings is 1. The van der Waals surface area contributed by atoms with Crippen LogP contribution in [-0.2, 0) is 22.7 Å². The molecule has 9 heteroatoms. The zero-order chi connectivity index (χ0) is 35.8. The molecule has 0 saturated heterocycles. The Labute approximate surface area is 300 Å². The summed E-state index contributed by atoms with van der Waals surface area (Å²) in [4.78, 5) is 18.7. The zero-order valence-corrected chi connectivity index (χ0v) is 35.4. The van der Waals surface area contributed by atoms with Gasteiger partial charge in [0.15, 0.2) is 22.4 Å². The topological polar surface area (TPSA) is 63.2 Å². The Morgan fingerprint density at radius 3 is 2.04 bits per heavy atom. The smallest absolute Gasteiger partial charge is 0.302 e. The van der Waals surface area contributed by atoms with E-state index in [4.69, 9.17) is 22.8 Å². The Morgan fingerprint density at radius 2 is 1.50 bits per heavy atom. The Morgan fingerprint density at radius 1 is 0.917 bits per heavy atom. The molecule has 6 nitrogen and oxygen atoms in total. The summed E-state index contributed by atoms with van der Waals surface area (Å²) in [7, 11) is -3.67. The molecule has 0 spiro atoms. The molecule has 3 rings (SSSR count). The van der Waals surface area contributed by atoms with E-state index in [9.17, 15) is 4.79 Å². The van der Waals surface area contributed by atoms with Crippen molar-refractivity contribution in [2.24, 2.45) is 29.1 Å². The molecular weight excluding hydrogens is 653 g/mol. The molecule has 2 aliphatic carbocycles. The Kier molecular flexibility index (Phi) is 15.7. The van der Waals surface area contributed by atoms with Gasteiger partial charge in [0.2, 0.25) is 0 Å². The van der Waals surface area contributed by atoms with Crippen molar-refractivity contribution in [2.75, 3.05) is 0 Å². The Bertz CT molecular complexity index is 1100. The lowest BCUT2D eigenvalue weighted by Crippen LogP contribution is -2.54. The van der Waals surface area contributed by atoms with Crippen LogP contribution in [0, 0.1) is 29.1 Å². The lowest BCUT2D eigenvalue weighted by atomic mass is 9.61. The zero-order valence-electron chi connectivity index (χ0n) is 32.6. The fraction of sp³-hybridized carbons (Fsp3) is 0.821. The fourth-order valence-corrected chi connectivity index (χ4v) is 16.7. The summed E-state index contributed by atoms with van der Waals surface area (Å²) in [5.74, 6) is 1.46. The van der Waals surface area contributed by atoms with Crippen molar-refractivity contribution in [2.45, 2.75) is 175 Å². The number of hydrogen-bond donors (Lipinski definition) is 0. The number of esters is 1. The van der Waals surface area contributed by atoms with Crippen LogP contribution in [0.25, 0.3) is 0 Å². The van der Waals surface area contributed by atoms with E-state index in [0.717, 1.165) is 24.6 Å². The van der Waals surface area contributed by atoms with Crippen molar-refractivity contribution in [3.63, 3.8) is 0 Å². The number of ether oxygens (including phenoxy) is 1. The standard InChI is InChI=1S/C39H70O6SSi2/c1-13-47(14-2,15-3)43-35-25-22-28-39(12)33(26-27-34(35)39)29(7)36(41-31(9)40)37(46-45-42-32-23-20-19-21-24-32)30(8)38(10,11)44-48(16-4,17-5)18-6/h19-21,23-24,29-30,33-37H,13-18,22,25-28H2,1-12H3/t29-,30-,33-,34?,35?,36?,37?,39-/m1/s1. The second kappa shape index (κ2) is 18.1. The van der Waals surface area contributed by atoms with Gasteiger partial charge in [0.25, 0.3) is 0 Å². The van der Waals surface area contributed by atoms with E-state index < -0.39 is 22.2 Å². The van der Waals surface area contributed by atoms with E-state index in [1.165, 1.54) is 55.9 Å². The first kappa shape index (κ1) is 41.6.